The molecule has 5 rings (SSSR count). The second-order valence-electron chi connectivity index (χ2n) is 9.80. The van der Waals surface area contributed by atoms with Gasteiger partial charge in [0.25, 0.3) is 0 Å². The van der Waals surface area contributed by atoms with E-state index in [4.69, 9.17) is 24.0 Å². The Morgan fingerprint density at radius 2 is 1.48 bits per heavy atom. The molecule has 1 atom stereocenters. The Morgan fingerprint density at radius 3 is 2.05 bits per heavy atom. The molecule has 0 amide bonds. The maximum absolute atomic E-state index is 12.8. The van der Waals surface area contributed by atoms with Crippen molar-refractivity contribution < 1.29 is 32.4 Å². The number of fused-ring (bicyclic) bond motifs is 1. The van der Waals surface area contributed by atoms with Crippen LogP contribution < -0.4 is 4.18 Å². The van der Waals surface area contributed by atoms with Crippen LogP contribution in [0, 0.1) is 0 Å². The van der Waals surface area contributed by atoms with E-state index in [0.717, 1.165) is 36.8 Å². The number of carboxylic acid groups (broad SMARTS) is 2. The molecule has 9 nitrogen and oxygen atoms in total. The predicted octanol–water partition coefficient (Wildman–Crippen LogP) is 4.98. The SMILES string of the molecule is CC(c1ccccc1)n1cc(C2CCN(C)CC2)c2cc(OS(=O)(=O)c3ccccc3)ccc21.O=C(O)C(=O)O. The van der Waals surface area contributed by atoms with Crippen LogP contribution in [0.1, 0.15) is 42.9 Å². The van der Waals surface area contributed by atoms with Crippen LogP contribution in [0.15, 0.2) is 90.0 Å². The van der Waals surface area contributed by atoms with Crippen molar-refractivity contribution in [2.24, 2.45) is 0 Å². The number of aromatic nitrogens is 1. The second kappa shape index (κ2) is 12.4. The van der Waals surface area contributed by atoms with Gasteiger partial charge in [0, 0.05) is 17.1 Å². The van der Waals surface area contributed by atoms with E-state index in [2.05, 4.69) is 53.9 Å². The monoisotopic (exact) mass is 564 g/mol. The molecule has 2 N–H and O–H groups in total. The highest BCUT2D eigenvalue weighted by Crippen LogP contribution is 2.38. The summed E-state index contributed by atoms with van der Waals surface area (Å²) >= 11 is 0. The summed E-state index contributed by atoms with van der Waals surface area (Å²) in [5.74, 6) is -2.87. The Labute approximate surface area is 233 Å². The first-order chi connectivity index (χ1) is 19.1. The topological polar surface area (TPSA) is 126 Å². The molecule has 0 spiro atoms. The van der Waals surface area contributed by atoms with Crippen LogP contribution >= 0.6 is 0 Å². The Morgan fingerprint density at radius 1 is 0.900 bits per heavy atom. The van der Waals surface area contributed by atoms with Gasteiger partial charge in [0.2, 0.25) is 0 Å². The number of hydrogen-bond donors (Lipinski definition) is 2. The number of likely N-dealkylation sites (tertiary alicyclic amines) is 1. The lowest BCUT2D eigenvalue weighted by Gasteiger charge is -2.28. The summed E-state index contributed by atoms with van der Waals surface area (Å²) in [6.07, 6.45) is 4.44. The first-order valence-corrected chi connectivity index (χ1v) is 14.3. The standard InChI is InChI=1S/C28H30N2O3S.C2H2O4/c1-21(22-9-5-3-6-10-22)30-20-27(23-15-17-29(2)18-16-23)26-19-24(13-14-28(26)30)33-34(31,32)25-11-7-4-8-12-25;3-1(4)2(5)6/h3-14,19-21,23H,15-18H2,1-2H3;(H,3,4)(H,5,6). The molecule has 210 valence electrons. The van der Waals surface area contributed by atoms with Crippen molar-refractivity contribution >= 4 is 33.0 Å². The molecule has 1 aromatic heterocycles. The van der Waals surface area contributed by atoms with Crippen molar-refractivity contribution in [3.63, 3.8) is 0 Å². The third kappa shape index (κ3) is 6.70. The summed E-state index contributed by atoms with van der Waals surface area (Å²) in [5, 5.41) is 15.9. The summed E-state index contributed by atoms with van der Waals surface area (Å²) in [4.78, 5) is 20.7. The number of carboxylic acids is 2. The van der Waals surface area contributed by atoms with Gasteiger partial charge in [-0.3, -0.25) is 0 Å². The first kappa shape index (κ1) is 28.8. The zero-order valence-corrected chi connectivity index (χ0v) is 23.1. The van der Waals surface area contributed by atoms with Gasteiger partial charge in [-0.05, 0) is 87.3 Å². The smallest absolute Gasteiger partial charge is 0.414 e. The molecule has 0 bridgehead atoms. The molecule has 0 saturated carbocycles. The molecule has 0 aliphatic carbocycles. The van der Waals surface area contributed by atoms with Gasteiger partial charge in [0.15, 0.2) is 0 Å². The Kier molecular flexibility index (Phi) is 8.91. The second-order valence-corrected chi connectivity index (χ2v) is 11.3. The van der Waals surface area contributed by atoms with Crippen molar-refractivity contribution in [2.45, 2.75) is 36.6 Å². The van der Waals surface area contributed by atoms with Crippen LogP contribution in [0.4, 0.5) is 0 Å². The molecule has 0 radical (unpaired) electrons. The minimum atomic E-state index is -3.89. The lowest BCUT2D eigenvalue weighted by atomic mass is 9.89. The van der Waals surface area contributed by atoms with E-state index in [9.17, 15) is 8.42 Å². The Hall–Kier alpha value is -4.15. The van der Waals surface area contributed by atoms with Crippen molar-refractivity contribution in [3.8, 4) is 5.75 Å². The van der Waals surface area contributed by atoms with Crippen LogP contribution in [0.5, 0.6) is 5.75 Å². The zero-order valence-electron chi connectivity index (χ0n) is 22.3. The molecule has 1 saturated heterocycles. The highest BCUT2D eigenvalue weighted by atomic mass is 32.2. The van der Waals surface area contributed by atoms with Crippen LogP contribution in [-0.2, 0) is 19.7 Å². The molecule has 1 aliphatic rings. The van der Waals surface area contributed by atoms with Crippen molar-refractivity contribution in [1.29, 1.82) is 0 Å². The molecule has 1 fully saturated rings. The third-order valence-corrected chi connectivity index (χ3v) is 8.38. The van der Waals surface area contributed by atoms with E-state index < -0.39 is 22.1 Å². The summed E-state index contributed by atoms with van der Waals surface area (Å²) in [6, 6.07) is 24.5. The van der Waals surface area contributed by atoms with Crippen molar-refractivity contribution in [2.75, 3.05) is 20.1 Å². The van der Waals surface area contributed by atoms with E-state index in [1.54, 1.807) is 36.4 Å². The molecule has 1 unspecified atom stereocenters. The maximum atomic E-state index is 12.8. The zero-order chi connectivity index (χ0) is 28.9. The fraction of sp³-hybridized carbons (Fsp3) is 0.267. The van der Waals surface area contributed by atoms with E-state index >= 15 is 0 Å². The number of carbonyl (C=O) groups is 2. The quantitative estimate of drug-likeness (QED) is 0.248. The molecular formula is C30H32N2O7S. The van der Waals surface area contributed by atoms with Crippen molar-refractivity contribution in [3.05, 3.63) is 96.2 Å². The normalized spacial score (nSPS) is 15.2. The van der Waals surface area contributed by atoms with Crippen LogP contribution in [0.3, 0.4) is 0 Å². The molecular weight excluding hydrogens is 532 g/mol. The fourth-order valence-electron chi connectivity index (χ4n) is 4.93. The number of piperidine rings is 1. The summed E-state index contributed by atoms with van der Waals surface area (Å²) < 4.78 is 33.5. The van der Waals surface area contributed by atoms with Gasteiger partial charge >= 0.3 is 22.1 Å². The fourth-order valence-corrected chi connectivity index (χ4v) is 5.88. The minimum Gasteiger partial charge on any atom is -0.473 e. The highest BCUT2D eigenvalue weighted by Gasteiger charge is 2.25. The van der Waals surface area contributed by atoms with Gasteiger partial charge in [-0.15, -0.1) is 0 Å². The van der Waals surface area contributed by atoms with Gasteiger partial charge in [0.05, 0.1) is 6.04 Å². The van der Waals surface area contributed by atoms with Gasteiger partial charge in [-0.1, -0.05) is 48.5 Å². The average Bonchev–Trinajstić information content (AvgIpc) is 3.33. The molecule has 3 aromatic carbocycles. The van der Waals surface area contributed by atoms with Gasteiger partial charge in [0.1, 0.15) is 10.6 Å². The molecule has 4 aromatic rings. The Balaban J connectivity index is 0.000000557. The van der Waals surface area contributed by atoms with Gasteiger partial charge < -0.3 is 23.9 Å². The molecule has 40 heavy (non-hydrogen) atoms. The predicted molar refractivity (Wildman–Crippen MR) is 151 cm³/mol. The number of aliphatic carboxylic acids is 2. The van der Waals surface area contributed by atoms with Crippen LogP contribution in [-0.4, -0.2) is 60.2 Å². The van der Waals surface area contributed by atoms with E-state index in [1.165, 1.54) is 11.1 Å². The number of nitrogens with zero attached hydrogens (tertiary/aromatic N) is 2. The molecule has 10 heteroatoms. The van der Waals surface area contributed by atoms with E-state index in [-0.39, 0.29) is 10.9 Å². The highest BCUT2D eigenvalue weighted by molar-refractivity contribution is 7.87. The van der Waals surface area contributed by atoms with Gasteiger partial charge in [-0.25, -0.2) is 9.59 Å². The van der Waals surface area contributed by atoms with Crippen LogP contribution in [0.25, 0.3) is 10.9 Å². The van der Waals surface area contributed by atoms with Crippen molar-refractivity contribution in [1.82, 2.24) is 9.47 Å². The van der Waals surface area contributed by atoms with E-state index in [0.29, 0.717) is 11.7 Å². The summed E-state index contributed by atoms with van der Waals surface area (Å²) in [6.45, 7) is 4.33. The molecule has 2 heterocycles. The lowest BCUT2D eigenvalue weighted by Crippen LogP contribution is -2.29. The summed E-state index contributed by atoms with van der Waals surface area (Å²) in [5.41, 5.74) is 3.60. The number of benzene rings is 3. The third-order valence-electron chi connectivity index (χ3n) is 7.11. The average molecular weight is 565 g/mol. The van der Waals surface area contributed by atoms with Gasteiger partial charge in [-0.2, -0.15) is 8.42 Å². The lowest BCUT2D eigenvalue weighted by molar-refractivity contribution is -0.159. The minimum absolute atomic E-state index is 0.154. The Bertz CT molecular complexity index is 1560. The van der Waals surface area contributed by atoms with E-state index in [1.807, 2.05) is 18.2 Å². The number of rotatable bonds is 6. The maximum Gasteiger partial charge on any atom is 0.414 e. The summed E-state index contributed by atoms with van der Waals surface area (Å²) in [7, 11) is -1.73. The molecule has 1 aliphatic heterocycles. The largest absolute Gasteiger partial charge is 0.473 e. The van der Waals surface area contributed by atoms with Crippen LogP contribution in [0.2, 0.25) is 0 Å². The number of hydrogen-bond acceptors (Lipinski definition) is 6. The first-order valence-electron chi connectivity index (χ1n) is 12.9.